The van der Waals surface area contributed by atoms with Gasteiger partial charge >= 0.3 is 6.09 Å². The SMILES string of the molecule is COc1ccc(NCC(C)C(=O)N2CCOC2=O)cc1. The molecule has 0 aromatic heterocycles. The number of cyclic esters (lactones) is 1. The molecule has 1 aliphatic heterocycles. The first-order chi connectivity index (χ1) is 9.61. The monoisotopic (exact) mass is 278 g/mol. The lowest BCUT2D eigenvalue weighted by Gasteiger charge is -2.17. The van der Waals surface area contributed by atoms with Gasteiger partial charge in [-0.2, -0.15) is 0 Å². The minimum Gasteiger partial charge on any atom is -0.497 e. The lowest BCUT2D eigenvalue weighted by molar-refractivity contribution is -0.131. The first kappa shape index (κ1) is 14.2. The van der Waals surface area contributed by atoms with Gasteiger partial charge in [0.05, 0.1) is 19.6 Å². The molecule has 1 heterocycles. The maximum absolute atomic E-state index is 12.0. The van der Waals surface area contributed by atoms with E-state index in [0.29, 0.717) is 13.1 Å². The number of ether oxygens (including phenoxy) is 2. The molecule has 2 rings (SSSR count). The average Bonchev–Trinajstić information content (AvgIpc) is 2.90. The van der Waals surface area contributed by atoms with Crippen molar-refractivity contribution in [3.63, 3.8) is 0 Å². The summed E-state index contributed by atoms with van der Waals surface area (Å²) in [5.74, 6) is 0.260. The van der Waals surface area contributed by atoms with Crippen LogP contribution < -0.4 is 10.1 Å². The van der Waals surface area contributed by atoms with E-state index in [1.165, 1.54) is 0 Å². The topological polar surface area (TPSA) is 67.9 Å². The first-order valence-electron chi connectivity index (χ1n) is 6.48. The van der Waals surface area contributed by atoms with E-state index in [2.05, 4.69) is 5.32 Å². The number of nitrogens with one attached hydrogen (secondary N) is 1. The molecule has 0 radical (unpaired) electrons. The highest BCUT2D eigenvalue weighted by Gasteiger charge is 2.31. The van der Waals surface area contributed by atoms with Crippen LogP contribution in [-0.4, -0.2) is 43.7 Å². The number of methoxy groups -OCH3 is 1. The van der Waals surface area contributed by atoms with E-state index >= 15 is 0 Å². The molecule has 0 bridgehead atoms. The number of carbonyl (C=O) groups is 2. The summed E-state index contributed by atoms with van der Waals surface area (Å²) in [7, 11) is 1.61. The highest BCUT2D eigenvalue weighted by Crippen LogP contribution is 2.16. The number of imide groups is 1. The quantitative estimate of drug-likeness (QED) is 0.888. The summed E-state index contributed by atoms with van der Waals surface area (Å²) < 4.78 is 9.83. The molecule has 1 aliphatic rings. The molecule has 1 saturated heterocycles. The van der Waals surface area contributed by atoms with Crippen molar-refractivity contribution in [2.45, 2.75) is 6.92 Å². The fourth-order valence-electron chi connectivity index (χ4n) is 1.93. The number of rotatable bonds is 5. The maximum atomic E-state index is 12.0. The molecule has 0 saturated carbocycles. The molecule has 6 heteroatoms. The van der Waals surface area contributed by atoms with Gasteiger partial charge in [-0.15, -0.1) is 0 Å². The van der Waals surface area contributed by atoms with Crippen molar-refractivity contribution in [1.82, 2.24) is 4.90 Å². The Balaban J connectivity index is 1.86. The Morgan fingerprint density at radius 2 is 2.15 bits per heavy atom. The highest BCUT2D eigenvalue weighted by molar-refractivity contribution is 5.94. The molecule has 0 aliphatic carbocycles. The van der Waals surface area contributed by atoms with E-state index in [1.807, 2.05) is 24.3 Å². The largest absolute Gasteiger partial charge is 0.497 e. The normalized spacial score (nSPS) is 15.7. The number of amides is 2. The standard InChI is InChI=1S/C14H18N2O4/c1-10(13(17)16-7-8-20-14(16)18)9-15-11-3-5-12(19-2)6-4-11/h3-6,10,15H,7-9H2,1-2H3. The fourth-order valence-corrected chi connectivity index (χ4v) is 1.93. The molecule has 1 N–H and O–H groups in total. The summed E-state index contributed by atoms with van der Waals surface area (Å²) >= 11 is 0. The van der Waals surface area contributed by atoms with Crippen molar-refractivity contribution >= 4 is 17.7 Å². The van der Waals surface area contributed by atoms with Crippen LogP contribution in [0, 0.1) is 5.92 Å². The molecule has 1 fully saturated rings. The summed E-state index contributed by atoms with van der Waals surface area (Å²) in [6.45, 7) is 2.85. The zero-order chi connectivity index (χ0) is 14.5. The van der Waals surface area contributed by atoms with Crippen LogP contribution >= 0.6 is 0 Å². The van der Waals surface area contributed by atoms with Gasteiger partial charge in [0.1, 0.15) is 12.4 Å². The van der Waals surface area contributed by atoms with E-state index in [9.17, 15) is 9.59 Å². The third-order valence-corrected chi connectivity index (χ3v) is 3.15. The van der Waals surface area contributed by atoms with Crippen molar-refractivity contribution in [3.05, 3.63) is 24.3 Å². The van der Waals surface area contributed by atoms with Gasteiger partial charge < -0.3 is 14.8 Å². The maximum Gasteiger partial charge on any atom is 0.416 e. The lowest BCUT2D eigenvalue weighted by atomic mass is 10.1. The predicted molar refractivity (Wildman–Crippen MR) is 73.7 cm³/mol. The van der Waals surface area contributed by atoms with Gasteiger partial charge in [-0.25, -0.2) is 9.69 Å². The second-order valence-corrected chi connectivity index (χ2v) is 4.61. The molecule has 1 unspecified atom stereocenters. The molecule has 6 nitrogen and oxygen atoms in total. The predicted octanol–water partition coefficient (Wildman–Crippen LogP) is 1.72. The molecular weight excluding hydrogens is 260 g/mol. The van der Waals surface area contributed by atoms with Crippen molar-refractivity contribution in [1.29, 1.82) is 0 Å². The van der Waals surface area contributed by atoms with Crippen molar-refractivity contribution in [2.75, 3.05) is 32.1 Å². The number of benzene rings is 1. The van der Waals surface area contributed by atoms with Gasteiger partial charge in [0, 0.05) is 12.2 Å². The van der Waals surface area contributed by atoms with Crippen LogP contribution in [0.1, 0.15) is 6.92 Å². The third kappa shape index (κ3) is 3.20. The van der Waals surface area contributed by atoms with Crippen molar-refractivity contribution in [3.8, 4) is 5.75 Å². The van der Waals surface area contributed by atoms with Gasteiger partial charge in [-0.05, 0) is 24.3 Å². The smallest absolute Gasteiger partial charge is 0.416 e. The fraction of sp³-hybridized carbons (Fsp3) is 0.429. The average molecular weight is 278 g/mol. The minimum absolute atomic E-state index is 0.214. The summed E-state index contributed by atoms with van der Waals surface area (Å²) in [5, 5.41) is 3.16. The molecule has 108 valence electrons. The Kier molecular flexibility index (Phi) is 4.45. The van der Waals surface area contributed by atoms with E-state index in [-0.39, 0.29) is 18.4 Å². The van der Waals surface area contributed by atoms with E-state index in [4.69, 9.17) is 9.47 Å². The summed E-state index contributed by atoms with van der Waals surface area (Å²) in [6, 6.07) is 7.43. The Bertz CT molecular complexity index is 486. The Labute approximate surface area is 117 Å². The van der Waals surface area contributed by atoms with Gasteiger partial charge in [0.2, 0.25) is 5.91 Å². The Morgan fingerprint density at radius 3 is 2.70 bits per heavy atom. The van der Waals surface area contributed by atoms with Crippen LogP contribution in [0.3, 0.4) is 0 Å². The second kappa shape index (κ2) is 6.27. The van der Waals surface area contributed by atoms with Crippen molar-refractivity contribution in [2.24, 2.45) is 5.92 Å². The van der Waals surface area contributed by atoms with Crippen LogP contribution in [0.5, 0.6) is 5.75 Å². The van der Waals surface area contributed by atoms with E-state index < -0.39 is 6.09 Å². The Morgan fingerprint density at radius 1 is 1.45 bits per heavy atom. The summed E-state index contributed by atoms with van der Waals surface area (Å²) in [4.78, 5) is 24.5. The lowest BCUT2D eigenvalue weighted by Crippen LogP contribution is -2.38. The number of anilines is 1. The van der Waals surface area contributed by atoms with Crippen LogP contribution in [0.15, 0.2) is 24.3 Å². The number of hydrogen-bond acceptors (Lipinski definition) is 5. The Hall–Kier alpha value is -2.24. The third-order valence-electron chi connectivity index (χ3n) is 3.15. The van der Waals surface area contributed by atoms with E-state index in [1.54, 1.807) is 14.0 Å². The minimum atomic E-state index is -0.550. The molecule has 20 heavy (non-hydrogen) atoms. The first-order valence-corrected chi connectivity index (χ1v) is 6.48. The van der Waals surface area contributed by atoms with Crippen LogP contribution in [-0.2, 0) is 9.53 Å². The van der Waals surface area contributed by atoms with Gasteiger partial charge in [0.15, 0.2) is 0 Å². The zero-order valence-electron chi connectivity index (χ0n) is 11.6. The van der Waals surface area contributed by atoms with Crippen LogP contribution in [0.25, 0.3) is 0 Å². The number of carbonyl (C=O) groups excluding carboxylic acids is 2. The van der Waals surface area contributed by atoms with E-state index in [0.717, 1.165) is 16.3 Å². The zero-order valence-corrected chi connectivity index (χ0v) is 11.6. The molecular formula is C14H18N2O4. The van der Waals surface area contributed by atoms with Gasteiger partial charge in [-0.1, -0.05) is 6.92 Å². The van der Waals surface area contributed by atoms with Crippen LogP contribution in [0.2, 0.25) is 0 Å². The molecule has 1 aromatic rings. The summed E-state index contributed by atoms with van der Waals surface area (Å²) in [5.41, 5.74) is 0.898. The highest BCUT2D eigenvalue weighted by atomic mass is 16.6. The molecule has 1 atom stereocenters. The number of nitrogens with zero attached hydrogens (tertiary/aromatic N) is 1. The number of hydrogen-bond donors (Lipinski definition) is 1. The van der Waals surface area contributed by atoms with Crippen molar-refractivity contribution < 1.29 is 19.1 Å². The molecule has 1 aromatic carbocycles. The van der Waals surface area contributed by atoms with Crippen LogP contribution in [0.4, 0.5) is 10.5 Å². The van der Waals surface area contributed by atoms with Gasteiger partial charge in [0.25, 0.3) is 0 Å². The summed E-state index contributed by atoms with van der Waals surface area (Å²) in [6.07, 6.45) is -0.550. The molecule has 0 spiro atoms. The van der Waals surface area contributed by atoms with Gasteiger partial charge in [-0.3, -0.25) is 4.79 Å². The second-order valence-electron chi connectivity index (χ2n) is 4.61. The molecule has 2 amide bonds.